The van der Waals surface area contributed by atoms with Gasteiger partial charge < -0.3 is 4.90 Å². The van der Waals surface area contributed by atoms with Gasteiger partial charge in [0.05, 0.1) is 16.3 Å². The van der Waals surface area contributed by atoms with Crippen molar-refractivity contribution in [2.75, 3.05) is 22.8 Å². The molecule has 0 bridgehead atoms. The number of hydrogen-bond acceptors (Lipinski definition) is 3. The molecule has 120 valence electrons. The van der Waals surface area contributed by atoms with Crippen LogP contribution >= 0.6 is 0 Å². The molecule has 2 aromatic carbocycles. The van der Waals surface area contributed by atoms with E-state index in [1.165, 1.54) is 24.0 Å². The first-order chi connectivity index (χ1) is 10.8. The second kappa shape index (κ2) is 5.34. The molecule has 0 N–H and O–H groups in total. The van der Waals surface area contributed by atoms with Crippen LogP contribution in [-0.2, 0) is 14.8 Å². The average molecular weight is 334 g/mol. The van der Waals surface area contributed by atoms with Crippen molar-refractivity contribution in [3.05, 3.63) is 53.8 Å². The molecule has 0 aromatic heterocycles. The molecule has 0 atom stereocenters. The van der Waals surface area contributed by atoms with Crippen LogP contribution in [0.25, 0.3) is 0 Å². The molecular formula is C16H15FN2O3S. The normalized spacial score (nSPS) is 14.8. The quantitative estimate of drug-likeness (QED) is 0.847. The summed E-state index contributed by atoms with van der Waals surface area (Å²) >= 11 is 0. The van der Waals surface area contributed by atoms with E-state index in [0.717, 1.165) is 10.4 Å². The van der Waals surface area contributed by atoms with Gasteiger partial charge in [-0.2, -0.15) is 0 Å². The van der Waals surface area contributed by atoms with E-state index >= 15 is 0 Å². The molecule has 1 heterocycles. The SMILES string of the molecule is Cc1cc(S(=O)(=O)N2CC(=O)N(C)c3ccccc32)ccc1F. The number of nitrogens with zero attached hydrogens (tertiary/aromatic N) is 2. The number of likely N-dealkylation sites (N-methyl/N-ethyl adjacent to an activating group) is 1. The zero-order valence-corrected chi connectivity index (χ0v) is 13.5. The zero-order valence-electron chi connectivity index (χ0n) is 12.7. The minimum atomic E-state index is -3.95. The predicted molar refractivity (Wildman–Crippen MR) is 85.5 cm³/mol. The first kappa shape index (κ1) is 15.5. The smallest absolute Gasteiger partial charge is 0.264 e. The van der Waals surface area contributed by atoms with Crippen LogP contribution in [0.4, 0.5) is 15.8 Å². The maximum absolute atomic E-state index is 13.4. The Bertz CT molecular complexity index is 896. The fourth-order valence-corrected chi connectivity index (χ4v) is 4.04. The van der Waals surface area contributed by atoms with Crippen LogP contribution in [0.3, 0.4) is 0 Å². The first-order valence-electron chi connectivity index (χ1n) is 6.97. The zero-order chi connectivity index (χ0) is 16.8. The molecule has 5 nitrogen and oxygen atoms in total. The van der Waals surface area contributed by atoms with Gasteiger partial charge in [-0.25, -0.2) is 12.8 Å². The van der Waals surface area contributed by atoms with Crippen molar-refractivity contribution in [2.45, 2.75) is 11.8 Å². The number of aryl methyl sites for hydroxylation is 1. The number of carbonyl (C=O) groups excluding carboxylic acids is 1. The van der Waals surface area contributed by atoms with Gasteiger partial charge in [-0.1, -0.05) is 12.1 Å². The van der Waals surface area contributed by atoms with E-state index in [0.29, 0.717) is 11.4 Å². The van der Waals surface area contributed by atoms with Crippen LogP contribution in [0.1, 0.15) is 5.56 Å². The lowest BCUT2D eigenvalue weighted by molar-refractivity contribution is -0.117. The maximum Gasteiger partial charge on any atom is 0.264 e. The number of benzene rings is 2. The monoisotopic (exact) mass is 334 g/mol. The van der Waals surface area contributed by atoms with Crippen molar-refractivity contribution in [1.82, 2.24) is 0 Å². The summed E-state index contributed by atoms with van der Waals surface area (Å²) < 4.78 is 40.3. The summed E-state index contributed by atoms with van der Waals surface area (Å²) in [6, 6.07) is 10.4. The Morgan fingerprint density at radius 1 is 1.09 bits per heavy atom. The molecule has 2 aromatic rings. The van der Waals surface area contributed by atoms with Crippen LogP contribution in [0.2, 0.25) is 0 Å². The average Bonchev–Trinajstić information content (AvgIpc) is 2.53. The minimum absolute atomic E-state index is 0.0384. The van der Waals surface area contributed by atoms with Gasteiger partial charge in [-0.05, 0) is 42.8 Å². The molecule has 1 aliphatic heterocycles. The fourth-order valence-electron chi connectivity index (χ4n) is 2.53. The summed E-state index contributed by atoms with van der Waals surface area (Å²) in [6.45, 7) is 1.21. The van der Waals surface area contributed by atoms with E-state index in [-0.39, 0.29) is 22.9 Å². The summed E-state index contributed by atoms with van der Waals surface area (Å²) in [4.78, 5) is 13.5. The van der Waals surface area contributed by atoms with Crippen LogP contribution in [0.15, 0.2) is 47.4 Å². The molecular weight excluding hydrogens is 319 g/mol. The van der Waals surface area contributed by atoms with Crippen LogP contribution in [0, 0.1) is 12.7 Å². The van der Waals surface area contributed by atoms with Gasteiger partial charge in [0, 0.05) is 7.05 Å². The topological polar surface area (TPSA) is 57.7 Å². The van der Waals surface area contributed by atoms with Crippen LogP contribution < -0.4 is 9.21 Å². The van der Waals surface area contributed by atoms with Crippen molar-refractivity contribution in [1.29, 1.82) is 0 Å². The molecule has 0 fully saturated rings. The summed E-state index contributed by atoms with van der Waals surface area (Å²) in [7, 11) is -2.35. The second-order valence-electron chi connectivity index (χ2n) is 5.36. The number of fused-ring (bicyclic) bond motifs is 1. The van der Waals surface area contributed by atoms with Gasteiger partial charge in [0.15, 0.2) is 0 Å². The number of carbonyl (C=O) groups is 1. The van der Waals surface area contributed by atoms with Crippen molar-refractivity contribution in [3.8, 4) is 0 Å². The Morgan fingerprint density at radius 2 is 1.74 bits per heavy atom. The molecule has 1 aliphatic rings. The number of sulfonamides is 1. The van der Waals surface area contributed by atoms with Gasteiger partial charge >= 0.3 is 0 Å². The minimum Gasteiger partial charge on any atom is -0.312 e. The molecule has 7 heteroatoms. The Labute approximate surface area is 134 Å². The number of amides is 1. The molecule has 0 aliphatic carbocycles. The van der Waals surface area contributed by atoms with Crippen molar-refractivity contribution >= 4 is 27.3 Å². The van der Waals surface area contributed by atoms with Crippen molar-refractivity contribution < 1.29 is 17.6 Å². The molecule has 0 saturated carbocycles. The molecule has 0 radical (unpaired) electrons. The number of anilines is 2. The summed E-state index contributed by atoms with van der Waals surface area (Å²) in [6.07, 6.45) is 0. The highest BCUT2D eigenvalue weighted by Crippen LogP contribution is 2.36. The Kier molecular flexibility index (Phi) is 3.60. The van der Waals surface area contributed by atoms with Crippen LogP contribution in [0.5, 0.6) is 0 Å². The van der Waals surface area contributed by atoms with Gasteiger partial charge in [0.1, 0.15) is 12.4 Å². The second-order valence-corrected chi connectivity index (χ2v) is 7.23. The molecule has 23 heavy (non-hydrogen) atoms. The molecule has 3 rings (SSSR count). The van der Waals surface area contributed by atoms with Gasteiger partial charge in [-0.15, -0.1) is 0 Å². The number of para-hydroxylation sites is 2. The van der Waals surface area contributed by atoms with E-state index in [4.69, 9.17) is 0 Å². The Balaban J connectivity index is 2.15. The molecule has 0 unspecified atom stereocenters. The van der Waals surface area contributed by atoms with E-state index in [9.17, 15) is 17.6 Å². The number of halogens is 1. The van der Waals surface area contributed by atoms with E-state index in [1.54, 1.807) is 31.3 Å². The Hall–Kier alpha value is -2.41. The molecule has 1 amide bonds. The third-order valence-electron chi connectivity index (χ3n) is 3.88. The molecule has 0 saturated heterocycles. The van der Waals surface area contributed by atoms with Crippen molar-refractivity contribution in [2.24, 2.45) is 0 Å². The number of rotatable bonds is 2. The van der Waals surface area contributed by atoms with E-state index in [1.807, 2.05) is 0 Å². The van der Waals surface area contributed by atoms with Gasteiger partial charge in [0.2, 0.25) is 5.91 Å². The lowest BCUT2D eigenvalue weighted by atomic mass is 10.2. The first-order valence-corrected chi connectivity index (χ1v) is 8.41. The highest BCUT2D eigenvalue weighted by Gasteiger charge is 2.35. The lowest BCUT2D eigenvalue weighted by Gasteiger charge is -2.34. The molecule has 0 spiro atoms. The number of hydrogen-bond donors (Lipinski definition) is 0. The third-order valence-corrected chi connectivity index (χ3v) is 5.64. The Morgan fingerprint density at radius 3 is 2.39 bits per heavy atom. The van der Waals surface area contributed by atoms with Gasteiger partial charge in [-0.3, -0.25) is 9.10 Å². The highest BCUT2D eigenvalue weighted by atomic mass is 32.2. The van der Waals surface area contributed by atoms with Crippen LogP contribution in [-0.4, -0.2) is 27.9 Å². The van der Waals surface area contributed by atoms with Gasteiger partial charge in [0.25, 0.3) is 10.0 Å². The summed E-state index contributed by atoms with van der Waals surface area (Å²) in [5.74, 6) is -0.801. The standard InChI is InChI=1S/C16H15FN2O3S/c1-11-9-12(7-8-13(11)17)23(21,22)19-10-16(20)18(2)14-5-3-4-6-15(14)19/h3-9H,10H2,1-2H3. The fraction of sp³-hybridized carbons (Fsp3) is 0.188. The summed E-state index contributed by atoms with van der Waals surface area (Å²) in [5, 5.41) is 0. The van der Waals surface area contributed by atoms with Crippen molar-refractivity contribution in [3.63, 3.8) is 0 Å². The summed E-state index contributed by atoms with van der Waals surface area (Å²) in [5.41, 5.74) is 1.18. The van der Waals surface area contributed by atoms with E-state index < -0.39 is 15.8 Å². The van der Waals surface area contributed by atoms with E-state index in [2.05, 4.69) is 0 Å². The largest absolute Gasteiger partial charge is 0.312 e. The lowest BCUT2D eigenvalue weighted by Crippen LogP contribution is -2.46. The third kappa shape index (κ3) is 2.46. The predicted octanol–water partition coefficient (Wildman–Crippen LogP) is 2.31. The maximum atomic E-state index is 13.4. The highest BCUT2D eigenvalue weighted by molar-refractivity contribution is 7.92.